The van der Waals surface area contributed by atoms with Gasteiger partial charge in [0.15, 0.2) is 11.6 Å². The third kappa shape index (κ3) is 1.83. The number of fused-ring (bicyclic) bond motifs is 1. The van der Waals surface area contributed by atoms with Crippen LogP contribution in [0.15, 0.2) is 46.7 Å². The molecule has 24 heavy (non-hydrogen) atoms. The lowest BCUT2D eigenvalue weighted by Gasteiger charge is -2.36. The number of allylic oxidation sites excluding steroid dienone is 1. The van der Waals surface area contributed by atoms with Crippen molar-refractivity contribution in [2.24, 2.45) is 11.5 Å². The number of nitrogens with two attached hydrogens (primary N) is 2. The van der Waals surface area contributed by atoms with Crippen LogP contribution in [0.1, 0.15) is 27.1 Å². The fourth-order valence-electron chi connectivity index (χ4n) is 3.04. The van der Waals surface area contributed by atoms with Crippen molar-refractivity contribution >= 4 is 23.5 Å². The molecular weight excluding hydrogens is 316 g/mol. The maximum absolute atomic E-state index is 12.8. The molecule has 0 aromatic heterocycles. The van der Waals surface area contributed by atoms with Crippen LogP contribution in [0.3, 0.4) is 0 Å². The maximum atomic E-state index is 12.8. The Bertz CT molecular complexity index is 911. The van der Waals surface area contributed by atoms with Gasteiger partial charge in [-0.15, -0.1) is 0 Å². The van der Waals surface area contributed by atoms with Crippen LogP contribution < -0.4 is 11.5 Å². The maximum Gasteiger partial charge on any atom is 0.333 e. The molecule has 8 nitrogen and oxygen atoms in total. The number of aliphatic carboxylic acids is 2. The fraction of sp³-hybridized carbons (Fsp3) is 0.125. The molecule has 1 atom stereocenters. The Morgan fingerprint density at radius 1 is 1.04 bits per heavy atom. The van der Waals surface area contributed by atoms with Gasteiger partial charge in [0.1, 0.15) is 5.54 Å². The molecule has 2 aliphatic carbocycles. The number of carboxylic acid groups (broad SMARTS) is 2. The summed E-state index contributed by atoms with van der Waals surface area (Å²) in [6.45, 7) is 0. The van der Waals surface area contributed by atoms with Gasteiger partial charge in [0.25, 0.3) is 0 Å². The molecule has 0 saturated carbocycles. The van der Waals surface area contributed by atoms with E-state index >= 15 is 0 Å². The molecule has 3 rings (SSSR count). The molecule has 0 radical (unpaired) electrons. The van der Waals surface area contributed by atoms with Crippen molar-refractivity contribution in [3.05, 3.63) is 57.8 Å². The summed E-state index contributed by atoms with van der Waals surface area (Å²) in [7, 11) is 0. The first-order valence-corrected chi connectivity index (χ1v) is 6.88. The number of hydrogen-bond acceptors (Lipinski definition) is 6. The van der Waals surface area contributed by atoms with E-state index < -0.39 is 57.9 Å². The van der Waals surface area contributed by atoms with Crippen molar-refractivity contribution in [1.29, 1.82) is 0 Å². The molecule has 0 spiro atoms. The van der Waals surface area contributed by atoms with Crippen LogP contribution >= 0.6 is 0 Å². The third-order valence-electron chi connectivity index (χ3n) is 4.26. The first-order chi connectivity index (χ1) is 11.2. The van der Waals surface area contributed by atoms with Crippen LogP contribution in [0.4, 0.5) is 0 Å². The van der Waals surface area contributed by atoms with Gasteiger partial charge in [-0.25, -0.2) is 9.59 Å². The van der Waals surface area contributed by atoms with Gasteiger partial charge >= 0.3 is 11.9 Å². The van der Waals surface area contributed by atoms with Crippen LogP contribution in [-0.2, 0) is 9.59 Å². The fourth-order valence-corrected chi connectivity index (χ4v) is 3.04. The summed E-state index contributed by atoms with van der Waals surface area (Å²) in [5.41, 5.74) is 7.53. The summed E-state index contributed by atoms with van der Waals surface area (Å²) < 4.78 is 0. The van der Waals surface area contributed by atoms with E-state index in [2.05, 4.69) is 0 Å². The number of ketones is 2. The van der Waals surface area contributed by atoms with Gasteiger partial charge in [-0.3, -0.25) is 9.59 Å². The Morgan fingerprint density at radius 2 is 1.58 bits per heavy atom. The monoisotopic (exact) mass is 328 g/mol. The second kappa shape index (κ2) is 4.87. The standard InChI is InChI=1S/C16H12N2O6/c17-11-8(14(21)22)5-16(18,15(23)24)10-9(11)12(19)6-3-1-2-4-7(6)13(10)20/h1-4H,5,17-18H2,(H,21,22)(H,23,24). The van der Waals surface area contributed by atoms with E-state index in [9.17, 15) is 29.4 Å². The van der Waals surface area contributed by atoms with Crippen molar-refractivity contribution < 1.29 is 29.4 Å². The first kappa shape index (κ1) is 15.6. The topological polar surface area (TPSA) is 161 Å². The molecule has 0 saturated heterocycles. The number of carboxylic acids is 2. The second-order valence-electron chi connectivity index (χ2n) is 5.60. The highest BCUT2D eigenvalue weighted by Crippen LogP contribution is 2.41. The lowest BCUT2D eigenvalue weighted by atomic mass is 9.68. The Balaban J connectivity index is 2.40. The van der Waals surface area contributed by atoms with E-state index in [-0.39, 0.29) is 11.1 Å². The lowest BCUT2D eigenvalue weighted by molar-refractivity contribution is -0.142. The number of rotatable bonds is 2. The first-order valence-electron chi connectivity index (χ1n) is 6.88. The zero-order valence-electron chi connectivity index (χ0n) is 12.2. The Hall–Kier alpha value is -3.26. The molecule has 6 N–H and O–H groups in total. The van der Waals surface area contributed by atoms with Gasteiger partial charge in [-0.1, -0.05) is 24.3 Å². The molecule has 0 heterocycles. The van der Waals surface area contributed by atoms with E-state index in [0.717, 1.165) is 0 Å². The lowest BCUT2D eigenvalue weighted by Crippen LogP contribution is -2.56. The Kier molecular flexibility index (Phi) is 3.17. The van der Waals surface area contributed by atoms with E-state index in [1.165, 1.54) is 24.3 Å². The van der Waals surface area contributed by atoms with Crippen LogP contribution in [0.2, 0.25) is 0 Å². The summed E-state index contributed by atoms with van der Waals surface area (Å²) in [5.74, 6) is -4.55. The molecule has 1 aromatic carbocycles. The van der Waals surface area contributed by atoms with Crippen molar-refractivity contribution in [3.8, 4) is 0 Å². The number of carbonyl (C=O) groups is 4. The Labute approximate surface area is 135 Å². The zero-order chi connectivity index (χ0) is 17.8. The number of hydrogen-bond donors (Lipinski definition) is 4. The van der Waals surface area contributed by atoms with E-state index in [1.54, 1.807) is 0 Å². The molecule has 1 aromatic rings. The molecule has 8 heteroatoms. The van der Waals surface area contributed by atoms with Crippen molar-refractivity contribution in [2.45, 2.75) is 12.0 Å². The van der Waals surface area contributed by atoms with Gasteiger partial charge in [0, 0.05) is 23.1 Å². The normalized spacial score (nSPS) is 23.0. The predicted octanol–water partition coefficient (Wildman–Crippen LogP) is -0.155. The average Bonchev–Trinajstić information content (AvgIpc) is 2.54. The number of Topliss-reactive ketones (excluding diaryl/α,β-unsaturated/α-hetero) is 2. The minimum absolute atomic E-state index is 0.0175. The van der Waals surface area contributed by atoms with Crippen molar-refractivity contribution in [3.63, 3.8) is 0 Å². The molecule has 0 fully saturated rings. The molecule has 0 bridgehead atoms. The van der Waals surface area contributed by atoms with Gasteiger partial charge < -0.3 is 21.7 Å². The highest BCUT2D eigenvalue weighted by Gasteiger charge is 2.52. The molecule has 2 aliphatic rings. The second-order valence-corrected chi connectivity index (χ2v) is 5.60. The molecule has 122 valence electrons. The van der Waals surface area contributed by atoms with Gasteiger partial charge in [0.05, 0.1) is 16.8 Å². The molecule has 0 amide bonds. The van der Waals surface area contributed by atoms with E-state index in [4.69, 9.17) is 11.5 Å². The highest BCUT2D eigenvalue weighted by molar-refractivity contribution is 6.31. The van der Waals surface area contributed by atoms with Crippen LogP contribution in [0.5, 0.6) is 0 Å². The van der Waals surface area contributed by atoms with Gasteiger partial charge in [0.2, 0.25) is 0 Å². The summed E-state index contributed by atoms with van der Waals surface area (Å²) in [4.78, 5) is 48.5. The highest BCUT2D eigenvalue weighted by atomic mass is 16.4. The van der Waals surface area contributed by atoms with Crippen molar-refractivity contribution in [1.82, 2.24) is 0 Å². The van der Waals surface area contributed by atoms with Crippen LogP contribution in [-0.4, -0.2) is 39.3 Å². The van der Waals surface area contributed by atoms with Gasteiger partial charge in [-0.05, 0) is 0 Å². The van der Waals surface area contributed by atoms with E-state index in [1.807, 2.05) is 0 Å². The largest absolute Gasteiger partial charge is 0.480 e. The van der Waals surface area contributed by atoms with Crippen LogP contribution in [0, 0.1) is 0 Å². The Morgan fingerprint density at radius 3 is 2.08 bits per heavy atom. The summed E-state index contributed by atoms with van der Waals surface area (Å²) in [6.07, 6.45) is -0.691. The minimum atomic E-state index is -2.34. The average molecular weight is 328 g/mol. The number of benzene rings is 1. The SMILES string of the molecule is NC1=C(C(=O)O)CC(N)(C(=O)O)C2=C1C(=O)c1ccccc1C2=O. The van der Waals surface area contributed by atoms with E-state index in [0.29, 0.717) is 0 Å². The molecule has 1 unspecified atom stereocenters. The quantitative estimate of drug-likeness (QED) is 0.582. The number of carbonyl (C=O) groups excluding carboxylic acids is 2. The van der Waals surface area contributed by atoms with Gasteiger partial charge in [-0.2, -0.15) is 0 Å². The smallest absolute Gasteiger partial charge is 0.333 e. The molecular formula is C16H12N2O6. The summed E-state index contributed by atoms with van der Waals surface area (Å²) >= 11 is 0. The minimum Gasteiger partial charge on any atom is -0.480 e. The summed E-state index contributed by atoms with van der Waals surface area (Å²) in [6, 6.07) is 5.83. The summed E-state index contributed by atoms with van der Waals surface area (Å²) in [5, 5.41) is 18.8. The third-order valence-corrected chi connectivity index (χ3v) is 4.26. The van der Waals surface area contributed by atoms with Crippen LogP contribution in [0.25, 0.3) is 0 Å². The zero-order valence-corrected chi connectivity index (χ0v) is 12.2. The van der Waals surface area contributed by atoms with Crippen molar-refractivity contribution in [2.75, 3.05) is 0 Å². The molecule has 0 aliphatic heterocycles. The predicted molar refractivity (Wildman–Crippen MR) is 80.1 cm³/mol.